The van der Waals surface area contributed by atoms with Crippen LogP contribution in [-0.4, -0.2) is 36.0 Å². The summed E-state index contributed by atoms with van der Waals surface area (Å²) in [5.41, 5.74) is 6.52. The number of carbonyl (C=O) groups is 1. The second-order valence-corrected chi connectivity index (χ2v) is 5.50. The van der Waals surface area contributed by atoms with E-state index in [9.17, 15) is 4.79 Å². The first-order chi connectivity index (χ1) is 10.1. The van der Waals surface area contributed by atoms with E-state index in [0.29, 0.717) is 24.4 Å². The maximum Gasteiger partial charge on any atom is 0.227 e. The molecule has 4 nitrogen and oxygen atoms in total. The molecule has 21 heavy (non-hydrogen) atoms. The number of ether oxygens (including phenoxy) is 1. The maximum absolute atomic E-state index is 12.4. The number of carbonyl (C=O) groups excluding carboxylic acids is 1. The lowest BCUT2D eigenvalue weighted by Crippen LogP contribution is -2.35. The Morgan fingerprint density at radius 1 is 1.29 bits per heavy atom. The molecular weight excluding hydrogens is 284 g/mol. The Morgan fingerprint density at radius 3 is 2.48 bits per heavy atom. The topological polar surface area (TPSA) is 55.6 Å². The molecule has 0 bridgehead atoms. The van der Waals surface area contributed by atoms with E-state index in [0.717, 1.165) is 30.7 Å². The number of nitrogens with zero attached hydrogens (tertiary/aromatic N) is 1. The Morgan fingerprint density at radius 2 is 1.95 bits per heavy atom. The van der Waals surface area contributed by atoms with Gasteiger partial charge >= 0.3 is 0 Å². The number of methoxy groups -OCH3 is 1. The fourth-order valence-electron chi connectivity index (χ4n) is 1.99. The van der Waals surface area contributed by atoms with Crippen LogP contribution in [0.25, 0.3) is 0 Å². The number of benzene rings is 1. The first kappa shape index (κ1) is 17.4. The summed E-state index contributed by atoms with van der Waals surface area (Å²) in [5, 5.41) is 0. The summed E-state index contributed by atoms with van der Waals surface area (Å²) in [4.78, 5) is 14.7. The van der Waals surface area contributed by atoms with Gasteiger partial charge in [0.15, 0.2) is 0 Å². The highest BCUT2D eigenvalue weighted by Crippen LogP contribution is 2.13. The molecule has 1 amide bonds. The Hall–Kier alpha value is -1.62. The van der Waals surface area contributed by atoms with Crippen LogP contribution in [0, 0.1) is 0 Å². The van der Waals surface area contributed by atoms with Crippen molar-refractivity contribution in [3.63, 3.8) is 0 Å². The van der Waals surface area contributed by atoms with Gasteiger partial charge in [-0.1, -0.05) is 37.7 Å². The molecule has 2 N–H and O–H groups in total. The molecule has 0 aliphatic rings. The van der Waals surface area contributed by atoms with Crippen LogP contribution < -0.4 is 10.5 Å². The van der Waals surface area contributed by atoms with Crippen molar-refractivity contribution in [1.29, 1.82) is 0 Å². The average Bonchev–Trinajstić information content (AvgIpc) is 2.47. The van der Waals surface area contributed by atoms with E-state index in [4.69, 9.17) is 22.7 Å². The van der Waals surface area contributed by atoms with Crippen LogP contribution >= 0.6 is 12.2 Å². The molecule has 0 aliphatic heterocycles. The number of hydrogen-bond acceptors (Lipinski definition) is 3. The normalized spacial score (nSPS) is 10.2. The Kier molecular flexibility index (Phi) is 7.75. The van der Waals surface area contributed by atoms with Gasteiger partial charge in [0.25, 0.3) is 0 Å². The zero-order valence-electron chi connectivity index (χ0n) is 12.8. The molecule has 0 atom stereocenters. The molecule has 0 heterocycles. The molecule has 1 rings (SSSR count). The quantitative estimate of drug-likeness (QED) is 0.712. The zero-order valence-corrected chi connectivity index (χ0v) is 13.6. The molecule has 116 valence electrons. The maximum atomic E-state index is 12.4. The Balaban J connectivity index is 2.62. The van der Waals surface area contributed by atoms with E-state index in [-0.39, 0.29) is 5.91 Å². The van der Waals surface area contributed by atoms with Gasteiger partial charge in [-0.2, -0.15) is 0 Å². The predicted molar refractivity (Wildman–Crippen MR) is 89.6 cm³/mol. The summed E-state index contributed by atoms with van der Waals surface area (Å²) in [6.07, 6.45) is 3.02. The van der Waals surface area contributed by atoms with Crippen molar-refractivity contribution in [3.05, 3.63) is 29.8 Å². The monoisotopic (exact) mass is 308 g/mol. The van der Waals surface area contributed by atoms with Crippen LogP contribution in [0.3, 0.4) is 0 Å². The van der Waals surface area contributed by atoms with E-state index in [1.807, 2.05) is 29.2 Å². The average molecular weight is 308 g/mol. The van der Waals surface area contributed by atoms with Gasteiger partial charge in [-0.3, -0.25) is 4.79 Å². The van der Waals surface area contributed by atoms with Crippen LogP contribution in [0.15, 0.2) is 24.3 Å². The predicted octanol–water partition coefficient (Wildman–Crippen LogP) is 2.54. The van der Waals surface area contributed by atoms with Crippen molar-refractivity contribution >= 4 is 23.1 Å². The van der Waals surface area contributed by atoms with Crippen LogP contribution in [0.4, 0.5) is 0 Å². The van der Waals surface area contributed by atoms with Crippen LogP contribution in [-0.2, 0) is 11.2 Å². The van der Waals surface area contributed by atoms with Crippen LogP contribution in [0.2, 0.25) is 0 Å². The largest absolute Gasteiger partial charge is 0.497 e. The molecule has 0 aliphatic carbocycles. The van der Waals surface area contributed by atoms with E-state index in [1.165, 1.54) is 0 Å². The van der Waals surface area contributed by atoms with Crippen LogP contribution in [0.5, 0.6) is 5.75 Å². The highest BCUT2D eigenvalue weighted by Gasteiger charge is 2.13. The summed E-state index contributed by atoms with van der Waals surface area (Å²) >= 11 is 4.90. The van der Waals surface area contributed by atoms with E-state index >= 15 is 0 Å². The van der Waals surface area contributed by atoms with Gasteiger partial charge in [0.05, 0.1) is 18.5 Å². The summed E-state index contributed by atoms with van der Waals surface area (Å²) in [6.45, 7) is 3.47. The van der Waals surface area contributed by atoms with Gasteiger partial charge in [-0.15, -0.1) is 0 Å². The summed E-state index contributed by atoms with van der Waals surface area (Å²) in [5.74, 6) is 0.910. The highest BCUT2D eigenvalue weighted by molar-refractivity contribution is 7.80. The first-order valence-corrected chi connectivity index (χ1v) is 7.66. The van der Waals surface area contributed by atoms with Crippen molar-refractivity contribution in [1.82, 2.24) is 4.90 Å². The molecule has 5 heteroatoms. The summed E-state index contributed by atoms with van der Waals surface area (Å²) in [6, 6.07) is 7.58. The molecule has 0 spiro atoms. The minimum absolute atomic E-state index is 0.116. The lowest BCUT2D eigenvalue weighted by Gasteiger charge is -2.22. The minimum Gasteiger partial charge on any atom is -0.497 e. The number of amides is 1. The molecule has 1 aromatic rings. The second kappa shape index (κ2) is 9.34. The fourth-order valence-corrected chi connectivity index (χ4v) is 2.08. The van der Waals surface area contributed by atoms with E-state index in [2.05, 4.69) is 6.92 Å². The van der Waals surface area contributed by atoms with E-state index < -0.39 is 0 Å². The number of rotatable bonds is 9. The molecular formula is C16H24N2O2S. The number of unbranched alkanes of at least 4 members (excludes halogenated alkanes) is 1. The van der Waals surface area contributed by atoms with E-state index in [1.54, 1.807) is 7.11 Å². The van der Waals surface area contributed by atoms with Gasteiger partial charge in [-0.05, 0) is 24.1 Å². The SMILES string of the molecule is CCCCN(CCC(N)=S)C(=O)Cc1ccc(OC)cc1. The van der Waals surface area contributed by atoms with Gasteiger partial charge in [0.1, 0.15) is 5.75 Å². The third-order valence-corrected chi connectivity index (χ3v) is 3.48. The Bertz CT molecular complexity index is 460. The van der Waals surface area contributed by atoms with Gasteiger partial charge in [0, 0.05) is 19.5 Å². The molecule has 0 unspecified atom stereocenters. The Labute approximate surface area is 132 Å². The minimum atomic E-state index is 0.116. The van der Waals surface area contributed by atoms with Gasteiger partial charge in [0.2, 0.25) is 5.91 Å². The molecule has 0 saturated heterocycles. The van der Waals surface area contributed by atoms with Crippen molar-refractivity contribution in [2.45, 2.75) is 32.6 Å². The molecule has 1 aromatic carbocycles. The lowest BCUT2D eigenvalue weighted by atomic mass is 10.1. The molecule has 0 saturated carbocycles. The first-order valence-electron chi connectivity index (χ1n) is 7.25. The number of hydrogen-bond donors (Lipinski definition) is 1. The third kappa shape index (κ3) is 6.58. The van der Waals surface area contributed by atoms with Crippen molar-refractivity contribution in [3.8, 4) is 5.75 Å². The summed E-state index contributed by atoms with van der Waals surface area (Å²) in [7, 11) is 1.63. The third-order valence-electron chi connectivity index (χ3n) is 3.28. The molecule has 0 radical (unpaired) electrons. The second-order valence-electron chi connectivity index (χ2n) is 4.98. The summed E-state index contributed by atoms with van der Waals surface area (Å²) < 4.78 is 5.12. The van der Waals surface area contributed by atoms with Gasteiger partial charge < -0.3 is 15.4 Å². The standard InChI is InChI=1S/C16H24N2O2S/c1-3-4-10-18(11-9-15(17)21)16(19)12-13-5-7-14(20-2)8-6-13/h5-8H,3-4,9-12H2,1-2H3,(H2,17,21). The molecule has 0 aromatic heterocycles. The fraction of sp³-hybridized carbons (Fsp3) is 0.500. The number of thiocarbonyl (C=S) groups is 1. The zero-order chi connectivity index (χ0) is 15.7. The molecule has 0 fully saturated rings. The van der Waals surface area contributed by atoms with Crippen LogP contribution in [0.1, 0.15) is 31.7 Å². The lowest BCUT2D eigenvalue weighted by molar-refractivity contribution is -0.130. The van der Waals surface area contributed by atoms with Crippen molar-refractivity contribution in [2.24, 2.45) is 5.73 Å². The smallest absolute Gasteiger partial charge is 0.227 e. The number of nitrogens with two attached hydrogens (primary N) is 1. The van der Waals surface area contributed by atoms with Gasteiger partial charge in [-0.25, -0.2) is 0 Å². The highest BCUT2D eigenvalue weighted by atomic mass is 32.1. The van der Waals surface area contributed by atoms with Crippen molar-refractivity contribution in [2.75, 3.05) is 20.2 Å². The van der Waals surface area contributed by atoms with Crippen molar-refractivity contribution < 1.29 is 9.53 Å².